The summed E-state index contributed by atoms with van der Waals surface area (Å²) >= 11 is 0. The number of unbranched alkanes of at least 4 members (excludes halogenated alkanes) is 1. The summed E-state index contributed by atoms with van der Waals surface area (Å²) in [7, 11) is 1.76. The Morgan fingerprint density at radius 3 is 2.73 bits per heavy atom. The molecule has 1 saturated heterocycles. The highest BCUT2D eigenvalue weighted by Crippen LogP contribution is 2.18. The zero-order valence-corrected chi connectivity index (χ0v) is 10.1. The maximum absolute atomic E-state index is 5.36. The molecule has 0 aromatic heterocycles. The first-order valence-corrected chi connectivity index (χ1v) is 6.14. The first-order valence-electron chi connectivity index (χ1n) is 6.14. The van der Waals surface area contributed by atoms with Crippen molar-refractivity contribution in [3.05, 3.63) is 0 Å². The molecule has 1 atom stereocenters. The molecule has 3 nitrogen and oxygen atoms in total. The van der Waals surface area contributed by atoms with Crippen LogP contribution in [0.5, 0.6) is 0 Å². The van der Waals surface area contributed by atoms with Gasteiger partial charge in [-0.1, -0.05) is 0 Å². The van der Waals surface area contributed by atoms with Crippen molar-refractivity contribution in [1.29, 1.82) is 0 Å². The van der Waals surface area contributed by atoms with Crippen LogP contribution in [-0.2, 0) is 9.47 Å². The molecule has 0 amide bonds. The van der Waals surface area contributed by atoms with Crippen LogP contribution in [0.15, 0.2) is 0 Å². The van der Waals surface area contributed by atoms with Gasteiger partial charge in [-0.2, -0.15) is 0 Å². The number of rotatable bonds is 7. The summed E-state index contributed by atoms with van der Waals surface area (Å²) in [5.74, 6) is 0.807. The summed E-state index contributed by atoms with van der Waals surface area (Å²) in [5.41, 5.74) is 0. The fraction of sp³-hybridized carbons (Fsp3) is 1.00. The van der Waals surface area contributed by atoms with Gasteiger partial charge in [0, 0.05) is 33.0 Å². The van der Waals surface area contributed by atoms with E-state index in [4.69, 9.17) is 9.47 Å². The van der Waals surface area contributed by atoms with Crippen molar-refractivity contribution in [1.82, 2.24) is 5.32 Å². The third kappa shape index (κ3) is 5.50. The minimum atomic E-state index is 0.636. The van der Waals surface area contributed by atoms with Gasteiger partial charge in [0.05, 0.1) is 0 Å². The van der Waals surface area contributed by atoms with Crippen LogP contribution in [0.1, 0.15) is 32.6 Å². The second-order valence-corrected chi connectivity index (χ2v) is 4.39. The van der Waals surface area contributed by atoms with Gasteiger partial charge in [-0.15, -0.1) is 0 Å². The van der Waals surface area contributed by atoms with Crippen LogP contribution in [0.2, 0.25) is 0 Å². The summed E-state index contributed by atoms with van der Waals surface area (Å²) < 4.78 is 10.4. The van der Waals surface area contributed by atoms with Gasteiger partial charge in [0.1, 0.15) is 0 Å². The van der Waals surface area contributed by atoms with E-state index in [1.807, 2.05) is 0 Å². The first-order chi connectivity index (χ1) is 7.34. The normalized spacial score (nSPS) is 20.4. The predicted octanol–water partition coefficient (Wildman–Crippen LogP) is 1.82. The summed E-state index contributed by atoms with van der Waals surface area (Å²) in [6.45, 7) is 6.18. The molecule has 15 heavy (non-hydrogen) atoms. The lowest BCUT2D eigenvalue weighted by Gasteiger charge is -2.28. The van der Waals surface area contributed by atoms with Gasteiger partial charge >= 0.3 is 0 Å². The second kappa shape index (κ2) is 8.08. The Hall–Kier alpha value is -0.120. The molecule has 1 fully saturated rings. The highest BCUT2D eigenvalue weighted by atomic mass is 16.5. The van der Waals surface area contributed by atoms with E-state index < -0.39 is 0 Å². The zero-order chi connectivity index (χ0) is 10.9. The number of nitrogens with one attached hydrogen (secondary N) is 1. The molecule has 0 aromatic carbocycles. The van der Waals surface area contributed by atoms with Crippen LogP contribution in [0.4, 0.5) is 0 Å². The molecule has 0 aliphatic carbocycles. The molecule has 3 heteroatoms. The average Bonchev–Trinajstić information content (AvgIpc) is 2.30. The van der Waals surface area contributed by atoms with Crippen molar-refractivity contribution < 1.29 is 9.47 Å². The summed E-state index contributed by atoms with van der Waals surface area (Å²) in [6, 6.07) is 0.636. The van der Waals surface area contributed by atoms with Gasteiger partial charge in [0.2, 0.25) is 0 Å². The molecule has 0 aromatic rings. The molecule has 0 bridgehead atoms. The maximum Gasteiger partial charge on any atom is 0.0469 e. The van der Waals surface area contributed by atoms with E-state index in [0.717, 1.165) is 38.7 Å². The summed E-state index contributed by atoms with van der Waals surface area (Å²) in [5, 5.41) is 3.60. The third-order valence-corrected chi connectivity index (χ3v) is 3.21. The van der Waals surface area contributed by atoms with Crippen LogP contribution in [-0.4, -0.2) is 39.5 Å². The number of ether oxygens (including phenoxy) is 2. The maximum atomic E-state index is 5.36. The molecule has 1 heterocycles. The predicted molar refractivity (Wildman–Crippen MR) is 62.1 cm³/mol. The van der Waals surface area contributed by atoms with Crippen molar-refractivity contribution in [3.8, 4) is 0 Å². The fourth-order valence-electron chi connectivity index (χ4n) is 2.08. The van der Waals surface area contributed by atoms with Gasteiger partial charge in [-0.05, 0) is 45.1 Å². The van der Waals surface area contributed by atoms with Crippen LogP contribution >= 0.6 is 0 Å². The molecule has 1 unspecified atom stereocenters. The standard InChI is InChI=1S/C12H25NO2/c1-11(12-5-9-15-10-6-12)13-7-3-4-8-14-2/h11-13H,3-10H2,1-2H3. The molecule has 0 radical (unpaired) electrons. The SMILES string of the molecule is COCCCCNC(C)C1CCOCC1. The molecule has 1 aliphatic rings. The van der Waals surface area contributed by atoms with Gasteiger partial charge in [0.25, 0.3) is 0 Å². The Labute approximate surface area is 93.5 Å². The monoisotopic (exact) mass is 215 g/mol. The van der Waals surface area contributed by atoms with Crippen molar-refractivity contribution in [2.45, 2.75) is 38.6 Å². The number of hydrogen-bond acceptors (Lipinski definition) is 3. The van der Waals surface area contributed by atoms with E-state index in [-0.39, 0.29) is 0 Å². The average molecular weight is 215 g/mol. The highest BCUT2D eigenvalue weighted by molar-refractivity contribution is 4.74. The quantitative estimate of drug-likeness (QED) is 0.657. The van der Waals surface area contributed by atoms with E-state index in [1.165, 1.54) is 19.3 Å². The van der Waals surface area contributed by atoms with Gasteiger partial charge in [-0.25, -0.2) is 0 Å². The lowest BCUT2D eigenvalue weighted by Crippen LogP contribution is -2.37. The molecular formula is C12H25NO2. The Balaban J connectivity index is 1.99. The largest absolute Gasteiger partial charge is 0.385 e. The van der Waals surface area contributed by atoms with Crippen LogP contribution in [0, 0.1) is 5.92 Å². The topological polar surface area (TPSA) is 30.5 Å². The third-order valence-electron chi connectivity index (χ3n) is 3.21. The number of hydrogen-bond donors (Lipinski definition) is 1. The second-order valence-electron chi connectivity index (χ2n) is 4.39. The van der Waals surface area contributed by atoms with E-state index in [9.17, 15) is 0 Å². The molecule has 1 aliphatic heterocycles. The Kier molecular flexibility index (Phi) is 6.98. The van der Waals surface area contributed by atoms with Crippen LogP contribution in [0.25, 0.3) is 0 Å². The van der Waals surface area contributed by atoms with E-state index in [2.05, 4.69) is 12.2 Å². The summed E-state index contributed by atoms with van der Waals surface area (Å²) in [6.07, 6.45) is 4.80. The highest BCUT2D eigenvalue weighted by Gasteiger charge is 2.19. The van der Waals surface area contributed by atoms with Gasteiger partial charge in [0.15, 0.2) is 0 Å². The Morgan fingerprint density at radius 1 is 1.33 bits per heavy atom. The van der Waals surface area contributed by atoms with E-state index in [0.29, 0.717) is 6.04 Å². The summed E-state index contributed by atoms with van der Waals surface area (Å²) in [4.78, 5) is 0. The molecule has 1 rings (SSSR count). The van der Waals surface area contributed by atoms with E-state index in [1.54, 1.807) is 7.11 Å². The smallest absolute Gasteiger partial charge is 0.0469 e. The molecular weight excluding hydrogens is 190 g/mol. The van der Waals surface area contributed by atoms with Crippen molar-refractivity contribution >= 4 is 0 Å². The van der Waals surface area contributed by atoms with Gasteiger partial charge < -0.3 is 14.8 Å². The number of methoxy groups -OCH3 is 1. The lowest BCUT2D eigenvalue weighted by atomic mass is 9.93. The van der Waals surface area contributed by atoms with Crippen molar-refractivity contribution in [2.75, 3.05) is 33.5 Å². The minimum Gasteiger partial charge on any atom is -0.385 e. The van der Waals surface area contributed by atoms with Crippen LogP contribution < -0.4 is 5.32 Å². The molecule has 0 saturated carbocycles. The molecule has 90 valence electrons. The van der Waals surface area contributed by atoms with Gasteiger partial charge in [-0.3, -0.25) is 0 Å². The van der Waals surface area contributed by atoms with Crippen LogP contribution in [0.3, 0.4) is 0 Å². The Morgan fingerprint density at radius 2 is 2.07 bits per heavy atom. The van der Waals surface area contributed by atoms with Crippen molar-refractivity contribution in [2.24, 2.45) is 5.92 Å². The fourth-order valence-corrected chi connectivity index (χ4v) is 2.08. The van der Waals surface area contributed by atoms with Crippen molar-refractivity contribution in [3.63, 3.8) is 0 Å². The zero-order valence-electron chi connectivity index (χ0n) is 10.1. The Bertz CT molecular complexity index is 147. The minimum absolute atomic E-state index is 0.636. The lowest BCUT2D eigenvalue weighted by molar-refractivity contribution is 0.0559. The molecule has 0 spiro atoms. The first kappa shape index (κ1) is 12.9. The van der Waals surface area contributed by atoms with E-state index >= 15 is 0 Å². The molecule has 1 N–H and O–H groups in total.